The lowest BCUT2D eigenvalue weighted by atomic mass is 9.92. The van der Waals surface area contributed by atoms with E-state index in [0.29, 0.717) is 0 Å². The van der Waals surface area contributed by atoms with Crippen LogP contribution in [0.15, 0.2) is 6.07 Å². The quantitative estimate of drug-likeness (QED) is 0.766. The van der Waals surface area contributed by atoms with Crippen molar-refractivity contribution in [2.75, 3.05) is 7.05 Å². The number of hydrogen-bond acceptors (Lipinski definition) is 2. The molecule has 3 nitrogen and oxygen atoms in total. The Balaban J connectivity index is 1.89. The molecule has 1 heterocycles. The standard InChI is InChI=1S/C10H17N3/c1-8-6-9(12-11-8)7-13(2)10-4-3-5-10/h6,10H,3-5,7H2,1-2H3,(H,11,12). The van der Waals surface area contributed by atoms with Gasteiger partial charge in [0.15, 0.2) is 0 Å². The number of nitrogens with one attached hydrogen (secondary N) is 1. The summed E-state index contributed by atoms with van der Waals surface area (Å²) in [6, 6.07) is 2.92. The number of H-pyrrole nitrogens is 1. The summed E-state index contributed by atoms with van der Waals surface area (Å²) in [5.74, 6) is 0. The van der Waals surface area contributed by atoms with Gasteiger partial charge in [-0.05, 0) is 32.9 Å². The van der Waals surface area contributed by atoms with Gasteiger partial charge in [-0.15, -0.1) is 0 Å². The van der Waals surface area contributed by atoms with E-state index in [2.05, 4.69) is 28.2 Å². The van der Waals surface area contributed by atoms with E-state index in [-0.39, 0.29) is 0 Å². The van der Waals surface area contributed by atoms with Crippen molar-refractivity contribution in [3.63, 3.8) is 0 Å². The molecule has 1 saturated carbocycles. The van der Waals surface area contributed by atoms with E-state index in [1.165, 1.54) is 19.3 Å². The molecule has 1 N–H and O–H groups in total. The summed E-state index contributed by atoms with van der Waals surface area (Å²) in [5.41, 5.74) is 2.31. The van der Waals surface area contributed by atoms with Crippen LogP contribution in [0.1, 0.15) is 30.7 Å². The number of rotatable bonds is 3. The van der Waals surface area contributed by atoms with Crippen LogP contribution in [0.25, 0.3) is 0 Å². The first-order chi connectivity index (χ1) is 6.25. The number of hydrogen-bond donors (Lipinski definition) is 1. The van der Waals surface area contributed by atoms with Gasteiger partial charge in [0, 0.05) is 18.3 Å². The van der Waals surface area contributed by atoms with Crippen LogP contribution < -0.4 is 0 Å². The zero-order valence-electron chi connectivity index (χ0n) is 8.38. The molecule has 0 spiro atoms. The topological polar surface area (TPSA) is 31.9 Å². The normalized spacial score (nSPS) is 17.8. The van der Waals surface area contributed by atoms with Crippen molar-refractivity contribution in [2.45, 2.75) is 38.8 Å². The molecule has 13 heavy (non-hydrogen) atoms. The molecule has 1 fully saturated rings. The predicted molar refractivity (Wildman–Crippen MR) is 52.4 cm³/mol. The molecule has 0 saturated heterocycles. The molecule has 0 bridgehead atoms. The highest BCUT2D eigenvalue weighted by molar-refractivity contribution is 5.06. The molecule has 1 aromatic heterocycles. The fourth-order valence-electron chi connectivity index (χ4n) is 1.77. The molecule has 1 aliphatic rings. The smallest absolute Gasteiger partial charge is 0.0765 e. The van der Waals surface area contributed by atoms with Gasteiger partial charge < -0.3 is 0 Å². The minimum absolute atomic E-state index is 0.803. The van der Waals surface area contributed by atoms with Crippen molar-refractivity contribution >= 4 is 0 Å². The van der Waals surface area contributed by atoms with E-state index < -0.39 is 0 Å². The first kappa shape index (κ1) is 8.75. The van der Waals surface area contributed by atoms with Gasteiger partial charge in [0.25, 0.3) is 0 Å². The average Bonchev–Trinajstić information content (AvgIpc) is 2.31. The second-order valence-electron chi connectivity index (χ2n) is 4.04. The third-order valence-corrected chi connectivity index (χ3v) is 2.87. The van der Waals surface area contributed by atoms with Gasteiger partial charge in [0.1, 0.15) is 0 Å². The maximum absolute atomic E-state index is 4.23. The van der Waals surface area contributed by atoms with Crippen LogP contribution in [0, 0.1) is 6.92 Å². The fourth-order valence-corrected chi connectivity index (χ4v) is 1.77. The van der Waals surface area contributed by atoms with Crippen LogP contribution in [0.2, 0.25) is 0 Å². The molecule has 0 unspecified atom stereocenters. The highest BCUT2D eigenvalue weighted by Gasteiger charge is 2.22. The van der Waals surface area contributed by atoms with Gasteiger partial charge in [-0.1, -0.05) is 6.42 Å². The maximum Gasteiger partial charge on any atom is 0.0765 e. The maximum atomic E-state index is 4.23. The minimum Gasteiger partial charge on any atom is -0.298 e. The number of aromatic nitrogens is 2. The molecule has 72 valence electrons. The lowest BCUT2D eigenvalue weighted by molar-refractivity contribution is 0.151. The third kappa shape index (κ3) is 1.91. The third-order valence-electron chi connectivity index (χ3n) is 2.87. The highest BCUT2D eigenvalue weighted by atomic mass is 15.2. The van der Waals surface area contributed by atoms with Crippen molar-refractivity contribution in [1.29, 1.82) is 0 Å². The largest absolute Gasteiger partial charge is 0.298 e. The van der Waals surface area contributed by atoms with Crippen LogP contribution in [0.3, 0.4) is 0 Å². The van der Waals surface area contributed by atoms with Gasteiger partial charge >= 0.3 is 0 Å². The van der Waals surface area contributed by atoms with E-state index in [9.17, 15) is 0 Å². The van der Waals surface area contributed by atoms with E-state index in [1.54, 1.807) is 0 Å². The van der Waals surface area contributed by atoms with E-state index in [1.807, 2.05) is 6.92 Å². The van der Waals surface area contributed by atoms with Gasteiger partial charge in [-0.25, -0.2) is 0 Å². The number of nitrogens with zero attached hydrogens (tertiary/aromatic N) is 2. The first-order valence-corrected chi connectivity index (χ1v) is 4.97. The summed E-state index contributed by atoms with van der Waals surface area (Å²) in [6.45, 7) is 3.02. The first-order valence-electron chi connectivity index (χ1n) is 4.97. The van der Waals surface area contributed by atoms with E-state index in [0.717, 1.165) is 24.0 Å². The van der Waals surface area contributed by atoms with Crippen LogP contribution in [0.5, 0.6) is 0 Å². The molecule has 0 aromatic carbocycles. The van der Waals surface area contributed by atoms with E-state index >= 15 is 0 Å². The zero-order chi connectivity index (χ0) is 9.26. The molecule has 0 amide bonds. The summed E-state index contributed by atoms with van der Waals surface area (Å²) in [6.07, 6.45) is 4.12. The molecule has 2 rings (SSSR count). The van der Waals surface area contributed by atoms with E-state index in [4.69, 9.17) is 0 Å². The Morgan fingerprint density at radius 2 is 2.38 bits per heavy atom. The SMILES string of the molecule is Cc1cc(CN(C)C2CCC2)n[nH]1. The number of aromatic amines is 1. The average molecular weight is 179 g/mol. The van der Waals surface area contributed by atoms with Crippen molar-refractivity contribution in [3.8, 4) is 0 Å². The van der Waals surface area contributed by atoms with Crippen molar-refractivity contribution in [2.24, 2.45) is 0 Å². The lowest BCUT2D eigenvalue weighted by Crippen LogP contribution is -2.36. The molecule has 1 aliphatic carbocycles. The Hall–Kier alpha value is -0.830. The Morgan fingerprint density at radius 1 is 1.62 bits per heavy atom. The summed E-state index contributed by atoms with van der Waals surface area (Å²) in [7, 11) is 2.19. The molecular weight excluding hydrogens is 162 g/mol. The molecule has 0 atom stereocenters. The highest BCUT2D eigenvalue weighted by Crippen LogP contribution is 2.24. The minimum atomic E-state index is 0.803. The fraction of sp³-hybridized carbons (Fsp3) is 0.700. The summed E-state index contributed by atoms with van der Waals surface area (Å²) in [5, 5.41) is 7.20. The van der Waals surface area contributed by atoms with Gasteiger partial charge in [-0.2, -0.15) is 5.10 Å². The van der Waals surface area contributed by atoms with Crippen LogP contribution in [-0.4, -0.2) is 28.2 Å². The van der Waals surface area contributed by atoms with Gasteiger partial charge in [0.2, 0.25) is 0 Å². The van der Waals surface area contributed by atoms with Crippen molar-refractivity contribution < 1.29 is 0 Å². The molecule has 0 radical (unpaired) electrons. The summed E-state index contributed by atoms with van der Waals surface area (Å²) < 4.78 is 0. The van der Waals surface area contributed by atoms with Gasteiger partial charge in [-0.3, -0.25) is 10.00 Å². The van der Waals surface area contributed by atoms with Crippen LogP contribution in [-0.2, 0) is 6.54 Å². The predicted octanol–water partition coefficient (Wildman–Crippen LogP) is 1.70. The summed E-state index contributed by atoms with van der Waals surface area (Å²) >= 11 is 0. The lowest BCUT2D eigenvalue weighted by Gasteiger charge is -2.34. The Labute approximate surface area is 79.1 Å². The summed E-state index contributed by atoms with van der Waals surface area (Å²) in [4.78, 5) is 2.40. The Kier molecular flexibility index (Phi) is 2.36. The second kappa shape index (κ2) is 3.50. The molecule has 0 aliphatic heterocycles. The monoisotopic (exact) mass is 179 g/mol. The zero-order valence-corrected chi connectivity index (χ0v) is 8.38. The Morgan fingerprint density at radius 3 is 2.85 bits per heavy atom. The van der Waals surface area contributed by atoms with Gasteiger partial charge in [0.05, 0.1) is 5.69 Å². The number of aryl methyl sites for hydroxylation is 1. The molecule has 3 heteroatoms. The van der Waals surface area contributed by atoms with Crippen molar-refractivity contribution in [3.05, 3.63) is 17.5 Å². The van der Waals surface area contributed by atoms with Crippen molar-refractivity contribution in [1.82, 2.24) is 15.1 Å². The van der Waals surface area contributed by atoms with Crippen LogP contribution >= 0.6 is 0 Å². The molecular formula is C10H17N3. The Bertz CT molecular complexity index is 275. The second-order valence-corrected chi connectivity index (χ2v) is 4.04. The van der Waals surface area contributed by atoms with Crippen LogP contribution in [0.4, 0.5) is 0 Å². The molecule has 1 aromatic rings.